The van der Waals surface area contributed by atoms with Crippen molar-refractivity contribution in [3.63, 3.8) is 0 Å². The molecule has 3 heteroatoms. The van der Waals surface area contributed by atoms with Crippen molar-refractivity contribution in [2.45, 2.75) is 20.8 Å². The van der Waals surface area contributed by atoms with Gasteiger partial charge in [-0.15, -0.1) is 0 Å². The molecule has 0 aliphatic heterocycles. The van der Waals surface area contributed by atoms with Crippen LogP contribution in [0.4, 0.5) is 0 Å². The van der Waals surface area contributed by atoms with E-state index < -0.39 is 0 Å². The summed E-state index contributed by atoms with van der Waals surface area (Å²) >= 11 is 0. The maximum atomic E-state index is 8.86. The van der Waals surface area contributed by atoms with Gasteiger partial charge in [-0.25, -0.2) is 0 Å². The molecule has 0 amide bonds. The molecule has 1 rings (SSSR count). The van der Waals surface area contributed by atoms with Crippen LogP contribution in [0, 0.1) is 11.3 Å². The first-order valence-corrected chi connectivity index (χ1v) is 6.01. The van der Waals surface area contributed by atoms with Crippen LogP contribution in [-0.4, -0.2) is 14.2 Å². The number of rotatable bonds is 4. The van der Waals surface area contributed by atoms with E-state index >= 15 is 0 Å². The van der Waals surface area contributed by atoms with Crippen LogP contribution in [0.5, 0.6) is 11.5 Å². The molecule has 0 bridgehead atoms. The molecule has 100 valence electrons. The number of ether oxygens (including phenoxy) is 2. The maximum absolute atomic E-state index is 8.86. The number of hydrogen-bond acceptors (Lipinski definition) is 3. The predicted octanol–water partition coefficient (Wildman–Crippen LogP) is 4.05. The SMILES string of the molecule is COc1cc(/C=C(/C)C#N)c(OC)cc1C=C(C)C. The first-order valence-electron chi connectivity index (χ1n) is 6.01. The van der Waals surface area contributed by atoms with Crippen LogP contribution in [0.15, 0.2) is 23.3 Å². The molecule has 0 N–H and O–H groups in total. The number of hydrogen-bond donors (Lipinski definition) is 0. The lowest BCUT2D eigenvalue weighted by atomic mass is 10.0. The Morgan fingerprint density at radius 2 is 1.47 bits per heavy atom. The van der Waals surface area contributed by atoms with Gasteiger partial charge in [0, 0.05) is 16.7 Å². The van der Waals surface area contributed by atoms with Crippen LogP contribution >= 0.6 is 0 Å². The van der Waals surface area contributed by atoms with Crippen molar-refractivity contribution in [2.75, 3.05) is 14.2 Å². The second-order valence-electron chi connectivity index (χ2n) is 4.50. The maximum Gasteiger partial charge on any atom is 0.126 e. The van der Waals surface area contributed by atoms with Crippen LogP contribution in [-0.2, 0) is 0 Å². The second-order valence-corrected chi connectivity index (χ2v) is 4.50. The van der Waals surface area contributed by atoms with Crippen LogP contribution in [0.1, 0.15) is 31.9 Å². The van der Waals surface area contributed by atoms with Crippen LogP contribution in [0.2, 0.25) is 0 Å². The highest BCUT2D eigenvalue weighted by Gasteiger charge is 2.08. The van der Waals surface area contributed by atoms with Crippen molar-refractivity contribution >= 4 is 12.2 Å². The van der Waals surface area contributed by atoms with Crippen molar-refractivity contribution in [2.24, 2.45) is 0 Å². The molecule has 0 saturated heterocycles. The fourth-order valence-electron chi connectivity index (χ4n) is 1.75. The number of methoxy groups -OCH3 is 2. The highest BCUT2D eigenvalue weighted by molar-refractivity contribution is 5.70. The Hall–Kier alpha value is -2.21. The van der Waals surface area contributed by atoms with Gasteiger partial charge in [0.05, 0.1) is 20.3 Å². The molecule has 0 aromatic heterocycles. The number of nitrogens with zero attached hydrogens (tertiary/aromatic N) is 1. The highest BCUT2D eigenvalue weighted by atomic mass is 16.5. The van der Waals surface area contributed by atoms with Gasteiger partial charge in [0.15, 0.2) is 0 Å². The standard InChI is InChI=1S/C16H19NO2/c1-11(2)6-13-8-16(19-5)14(7-12(3)10-17)9-15(13)18-4/h6-9H,1-5H3/b12-7-. The molecular weight excluding hydrogens is 238 g/mol. The van der Waals surface area contributed by atoms with E-state index in [1.165, 1.54) is 5.57 Å². The Morgan fingerprint density at radius 3 is 1.84 bits per heavy atom. The predicted molar refractivity (Wildman–Crippen MR) is 78.1 cm³/mol. The van der Waals surface area contributed by atoms with Crippen LogP contribution in [0.25, 0.3) is 12.2 Å². The second kappa shape index (κ2) is 6.65. The Balaban J connectivity index is 3.44. The lowest BCUT2D eigenvalue weighted by molar-refractivity contribution is 0.401. The first-order chi connectivity index (χ1) is 9.01. The zero-order chi connectivity index (χ0) is 14.4. The molecule has 0 atom stereocenters. The molecule has 0 saturated carbocycles. The van der Waals surface area contributed by atoms with Gasteiger partial charge >= 0.3 is 0 Å². The van der Waals surface area contributed by atoms with Crippen molar-refractivity contribution in [1.29, 1.82) is 5.26 Å². The Bertz CT molecular complexity index is 559. The summed E-state index contributed by atoms with van der Waals surface area (Å²) in [6, 6.07) is 5.90. The van der Waals surface area contributed by atoms with Gasteiger partial charge in [-0.2, -0.15) is 5.26 Å². The summed E-state index contributed by atoms with van der Waals surface area (Å²) < 4.78 is 10.8. The summed E-state index contributed by atoms with van der Waals surface area (Å²) in [5, 5.41) is 8.86. The average molecular weight is 257 g/mol. The fraction of sp³-hybridized carbons (Fsp3) is 0.312. The lowest BCUT2D eigenvalue weighted by Gasteiger charge is -2.11. The van der Waals surface area contributed by atoms with Gasteiger partial charge in [-0.3, -0.25) is 0 Å². The van der Waals surface area contributed by atoms with Gasteiger partial charge in [0.25, 0.3) is 0 Å². The molecule has 0 heterocycles. The summed E-state index contributed by atoms with van der Waals surface area (Å²) in [5.74, 6) is 1.49. The van der Waals surface area contributed by atoms with Gasteiger partial charge in [-0.1, -0.05) is 11.6 Å². The Labute approximate surface area is 114 Å². The van der Waals surface area contributed by atoms with E-state index in [0.717, 1.165) is 22.6 Å². The van der Waals surface area contributed by atoms with Gasteiger partial charge in [-0.05, 0) is 39.0 Å². The van der Waals surface area contributed by atoms with E-state index in [9.17, 15) is 0 Å². The summed E-state index contributed by atoms with van der Waals surface area (Å²) in [6.07, 6.45) is 3.82. The lowest BCUT2D eigenvalue weighted by Crippen LogP contribution is -1.93. The molecule has 0 radical (unpaired) electrons. The number of nitriles is 1. The zero-order valence-electron chi connectivity index (χ0n) is 12.1. The average Bonchev–Trinajstić information content (AvgIpc) is 2.38. The van der Waals surface area contributed by atoms with Crippen LogP contribution < -0.4 is 9.47 Å². The van der Waals surface area contributed by atoms with Crippen molar-refractivity contribution < 1.29 is 9.47 Å². The summed E-state index contributed by atoms with van der Waals surface area (Å²) in [5.41, 5.74) is 3.60. The molecule has 1 aromatic carbocycles. The normalized spacial score (nSPS) is 10.6. The minimum absolute atomic E-state index is 0.621. The molecule has 19 heavy (non-hydrogen) atoms. The summed E-state index contributed by atoms with van der Waals surface area (Å²) in [7, 11) is 3.25. The van der Waals surface area contributed by atoms with Crippen molar-refractivity contribution in [3.8, 4) is 17.6 Å². The van der Waals surface area contributed by atoms with Gasteiger partial charge in [0.1, 0.15) is 11.5 Å². The quantitative estimate of drug-likeness (QED) is 0.764. The molecule has 0 fully saturated rings. The third kappa shape index (κ3) is 3.89. The van der Waals surface area contributed by atoms with Crippen LogP contribution in [0.3, 0.4) is 0 Å². The third-order valence-corrected chi connectivity index (χ3v) is 2.57. The number of allylic oxidation sites excluding steroid dienone is 2. The molecule has 1 aromatic rings. The molecule has 3 nitrogen and oxygen atoms in total. The molecule has 0 spiro atoms. The minimum Gasteiger partial charge on any atom is -0.496 e. The summed E-state index contributed by atoms with van der Waals surface area (Å²) in [4.78, 5) is 0. The largest absolute Gasteiger partial charge is 0.496 e. The smallest absolute Gasteiger partial charge is 0.126 e. The first kappa shape index (κ1) is 14.8. The summed E-state index contributed by atoms with van der Waals surface area (Å²) in [6.45, 7) is 5.81. The third-order valence-electron chi connectivity index (χ3n) is 2.57. The Morgan fingerprint density at radius 1 is 1.00 bits per heavy atom. The Kier molecular flexibility index (Phi) is 5.20. The molecule has 0 unspecified atom stereocenters. The van der Waals surface area contributed by atoms with Gasteiger partial charge in [0.2, 0.25) is 0 Å². The monoisotopic (exact) mass is 257 g/mol. The molecule has 0 aliphatic carbocycles. The zero-order valence-corrected chi connectivity index (χ0v) is 12.1. The van der Waals surface area contributed by atoms with E-state index in [2.05, 4.69) is 6.07 Å². The van der Waals surface area contributed by atoms with E-state index in [-0.39, 0.29) is 0 Å². The van der Waals surface area contributed by atoms with E-state index in [4.69, 9.17) is 14.7 Å². The van der Waals surface area contributed by atoms with Crippen molar-refractivity contribution in [3.05, 3.63) is 34.4 Å². The van der Waals surface area contributed by atoms with Gasteiger partial charge < -0.3 is 9.47 Å². The molecular formula is C16H19NO2. The van der Waals surface area contributed by atoms with E-state index in [1.54, 1.807) is 27.2 Å². The molecule has 0 aliphatic rings. The van der Waals surface area contributed by atoms with E-state index in [0.29, 0.717) is 5.57 Å². The topological polar surface area (TPSA) is 42.2 Å². The fourth-order valence-corrected chi connectivity index (χ4v) is 1.75. The van der Waals surface area contributed by atoms with E-state index in [1.807, 2.05) is 32.1 Å². The van der Waals surface area contributed by atoms with Crippen molar-refractivity contribution in [1.82, 2.24) is 0 Å². The number of benzene rings is 1. The minimum atomic E-state index is 0.621. The highest BCUT2D eigenvalue weighted by Crippen LogP contribution is 2.31.